The zero-order valence-electron chi connectivity index (χ0n) is 17.3. The van der Waals surface area contributed by atoms with Crippen molar-refractivity contribution in [2.24, 2.45) is 0 Å². The van der Waals surface area contributed by atoms with Crippen LogP contribution in [0.25, 0.3) is 0 Å². The number of piperidine rings is 1. The van der Waals surface area contributed by atoms with Crippen LogP contribution in [0.15, 0.2) is 54.0 Å². The molecule has 0 atom stereocenters. The summed E-state index contributed by atoms with van der Waals surface area (Å²) in [5, 5.41) is 3.24. The summed E-state index contributed by atoms with van der Waals surface area (Å²) in [6.07, 6.45) is 7.43. The number of aromatic nitrogens is 1. The molecular formula is C25H28FN3S. The van der Waals surface area contributed by atoms with Crippen LogP contribution in [0.4, 0.5) is 10.1 Å². The van der Waals surface area contributed by atoms with Gasteiger partial charge in [0.2, 0.25) is 0 Å². The molecule has 3 heterocycles. The Hall–Kier alpha value is -2.24. The topological polar surface area (TPSA) is 19.4 Å². The molecule has 30 heavy (non-hydrogen) atoms. The summed E-state index contributed by atoms with van der Waals surface area (Å²) in [4.78, 5) is 9.68. The number of hydrogen-bond donors (Lipinski definition) is 0. The molecule has 0 unspecified atom stereocenters. The minimum atomic E-state index is -0.153. The molecule has 0 radical (unpaired) electrons. The lowest BCUT2D eigenvalue weighted by molar-refractivity contribution is 0.212. The Morgan fingerprint density at radius 2 is 1.80 bits per heavy atom. The molecule has 3 nitrogen and oxygen atoms in total. The van der Waals surface area contributed by atoms with E-state index in [2.05, 4.69) is 38.4 Å². The third-order valence-electron chi connectivity index (χ3n) is 6.55. The van der Waals surface area contributed by atoms with Crippen molar-refractivity contribution in [3.63, 3.8) is 0 Å². The van der Waals surface area contributed by atoms with Gasteiger partial charge in [-0.15, -0.1) is 11.3 Å². The first kappa shape index (κ1) is 19.7. The summed E-state index contributed by atoms with van der Waals surface area (Å²) in [5.74, 6) is -0.153. The third kappa shape index (κ3) is 4.42. The number of nitrogens with zero attached hydrogens (tertiary/aromatic N) is 3. The molecule has 5 rings (SSSR count). The normalized spacial score (nSPS) is 17.4. The number of thiazole rings is 1. The molecule has 0 N–H and O–H groups in total. The molecule has 0 bridgehead atoms. The molecule has 0 amide bonds. The predicted molar refractivity (Wildman–Crippen MR) is 122 cm³/mol. The van der Waals surface area contributed by atoms with E-state index in [9.17, 15) is 4.39 Å². The Morgan fingerprint density at radius 3 is 2.57 bits per heavy atom. The number of halogens is 1. The Balaban J connectivity index is 1.18. The molecule has 5 heteroatoms. The summed E-state index contributed by atoms with van der Waals surface area (Å²) in [7, 11) is 0. The highest BCUT2D eigenvalue weighted by Crippen LogP contribution is 2.34. The van der Waals surface area contributed by atoms with Gasteiger partial charge in [0.15, 0.2) is 0 Å². The van der Waals surface area contributed by atoms with E-state index in [0.717, 1.165) is 45.4 Å². The number of anilines is 1. The smallest absolute Gasteiger partial charge is 0.123 e. The van der Waals surface area contributed by atoms with Gasteiger partial charge in [-0.3, -0.25) is 0 Å². The third-order valence-corrected chi connectivity index (χ3v) is 7.33. The molecule has 156 valence electrons. The maximum atomic E-state index is 13.1. The van der Waals surface area contributed by atoms with Crippen LogP contribution in [0.2, 0.25) is 0 Å². The van der Waals surface area contributed by atoms with E-state index in [1.54, 1.807) is 23.5 Å². The molecule has 3 aromatic rings. The zero-order chi connectivity index (χ0) is 20.3. The van der Waals surface area contributed by atoms with Gasteiger partial charge in [0.1, 0.15) is 5.82 Å². The van der Waals surface area contributed by atoms with Crippen molar-refractivity contribution >= 4 is 17.0 Å². The minimum Gasteiger partial charge on any atom is -0.368 e. The van der Waals surface area contributed by atoms with E-state index in [4.69, 9.17) is 0 Å². The fourth-order valence-electron chi connectivity index (χ4n) is 4.85. The van der Waals surface area contributed by atoms with Crippen molar-refractivity contribution in [1.29, 1.82) is 0 Å². The first-order valence-corrected chi connectivity index (χ1v) is 11.9. The number of hydrogen-bond acceptors (Lipinski definition) is 4. The zero-order valence-corrected chi connectivity index (χ0v) is 18.1. The van der Waals surface area contributed by atoms with E-state index in [1.165, 1.54) is 40.2 Å². The Bertz CT molecular complexity index is 963. The quantitative estimate of drug-likeness (QED) is 0.562. The van der Waals surface area contributed by atoms with E-state index >= 15 is 0 Å². The molecule has 1 aromatic heterocycles. The molecule has 1 fully saturated rings. The number of likely N-dealkylation sites (tertiary alicyclic amines) is 1. The highest BCUT2D eigenvalue weighted by Gasteiger charge is 2.29. The van der Waals surface area contributed by atoms with E-state index < -0.39 is 0 Å². The fourth-order valence-corrected chi connectivity index (χ4v) is 5.50. The first-order valence-electron chi connectivity index (χ1n) is 11.0. The molecule has 2 aliphatic rings. The van der Waals surface area contributed by atoms with Gasteiger partial charge in [0.25, 0.3) is 0 Å². The Morgan fingerprint density at radius 1 is 1.00 bits per heavy atom. The van der Waals surface area contributed by atoms with E-state index in [0.29, 0.717) is 6.04 Å². The van der Waals surface area contributed by atoms with E-state index in [-0.39, 0.29) is 5.82 Å². The van der Waals surface area contributed by atoms with Crippen LogP contribution < -0.4 is 4.90 Å². The van der Waals surface area contributed by atoms with Gasteiger partial charge in [-0.25, -0.2) is 9.37 Å². The van der Waals surface area contributed by atoms with Gasteiger partial charge < -0.3 is 9.80 Å². The Labute approximate surface area is 182 Å². The van der Waals surface area contributed by atoms with Crippen LogP contribution in [0.3, 0.4) is 0 Å². The summed E-state index contributed by atoms with van der Waals surface area (Å²) in [6.45, 7) is 4.51. The van der Waals surface area contributed by atoms with Crippen molar-refractivity contribution in [1.82, 2.24) is 9.88 Å². The summed E-state index contributed by atoms with van der Waals surface area (Å²) < 4.78 is 13.1. The molecule has 0 aliphatic carbocycles. The van der Waals surface area contributed by atoms with Gasteiger partial charge in [-0.1, -0.05) is 24.3 Å². The number of rotatable bonds is 6. The lowest BCUT2D eigenvalue weighted by Crippen LogP contribution is -2.45. The van der Waals surface area contributed by atoms with Crippen LogP contribution >= 0.6 is 11.3 Å². The van der Waals surface area contributed by atoms with E-state index in [1.807, 2.05) is 18.3 Å². The van der Waals surface area contributed by atoms with Crippen LogP contribution in [-0.2, 0) is 19.3 Å². The van der Waals surface area contributed by atoms with Crippen molar-refractivity contribution in [3.05, 3.63) is 81.6 Å². The van der Waals surface area contributed by atoms with Crippen molar-refractivity contribution in [3.8, 4) is 0 Å². The largest absolute Gasteiger partial charge is 0.368 e. The van der Waals surface area contributed by atoms with Crippen LogP contribution in [0, 0.1) is 5.82 Å². The van der Waals surface area contributed by atoms with Crippen LogP contribution in [-0.4, -0.2) is 42.1 Å². The summed E-state index contributed by atoms with van der Waals surface area (Å²) in [6, 6.07) is 14.6. The highest BCUT2D eigenvalue weighted by atomic mass is 32.1. The highest BCUT2D eigenvalue weighted by molar-refractivity contribution is 7.09. The lowest BCUT2D eigenvalue weighted by Gasteiger charge is -2.38. The predicted octanol–water partition coefficient (Wildman–Crippen LogP) is 4.94. The van der Waals surface area contributed by atoms with Gasteiger partial charge in [0.05, 0.1) is 5.01 Å². The van der Waals surface area contributed by atoms with Crippen molar-refractivity contribution < 1.29 is 4.39 Å². The minimum absolute atomic E-state index is 0.153. The average Bonchev–Trinajstić information content (AvgIpc) is 3.43. The van der Waals surface area contributed by atoms with Crippen molar-refractivity contribution in [2.45, 2.75) is 38.1 Å². The average molecular weight is 422 g/mol. The van der Waals surface area contributed by atoms with Crippen LogP contribution in [0.1, 0.15) is 34.5 Å². The second kappa shape index (κ2) is 8.86. The van der Waals surface area contributed by atoms with Gasteiger partial charge in [-0.2, -0.15) is 0 Å². The lowest BCUT2D eigenvalue weighted by atomic mass is 10.0. The van der Waals surface area contributed by atoms with Crippen molar-refractivity contribution in [2.75, 3.05) is 31.1 Å². The second-order valence-electron chi connectivity index (χ2n) is 8.46. The van der Waals surface area contributed by atoms with Crippen LogP contribution in [0.5, 0.6) is 0 Å². The maximum Gasteiger partial charge on any atom is 0.123 e. The van der Waals surface area contributed by atoms with Gasteiger partial charge in [0, 0.05) is 55.9 Å². The maximum absolute atomic E-state index is 13.1. The molecule has 2 aliphatic heterocycles. The SMILES string of the molecule is Fc1ccc(CCN2CCC(N3CCc4ccc(Cc5nccs5)cc43)CC2)cc1. The monoisotopic (exact) mass is 421 g/mol. The first-order chi connectivity index (χ1) is 14.7. The molecular weight excluding hydrogens is 393 g/mol. The van der Waals surface area contributed by atoms with Gasteiger partial charge >= 0.3 is 0 Å². The van der Waals surface area contributed by atoms with Gasteiger partial charge in [-0.05, 0) is 60.6 Å². The summed E-state index contributed by atoms with van der Waals surface area (Å²) >= 11 is 1.73. The standard InChI is InChI=1S/C25H28FN3S/c26-22-5-2-19(3-6-22)7-12-28-13-9-23(10-14-28)29-15-8-21-4-1-20(17-24(21)29)18-25-27-11-16-30-25/h1-6,11,16-17,23H,7-10,12-15,18H2. The molecule has 0 spiro atoms. The second-order valence-corrected chi connectivity index (χ2v) is 9.44. The molecule has 0 saturated carbocycles. The summed E-state index contributed by atoms with van der Waals surface area (Å²) in [5.41, 5.74) is 5.54. The number of fused-ring (bicyclic) bond motifs is 1. The fraction of sp³-hybridized carbons (Fsp3) is 0.400. The number of benzene rings is 2. The molecule has 1 saturated heterocycles. The molecule has 2 aromatic carbocycles. The Kier molecular flexibility index (Phi) is 5.82.